The molecular formula is C21H32ClN3O3. The maximum Gasteiger partial charge on any atom is 0.410 e. The lowest BCUT2D eigenvalue weighted by molar-refractivity contribution is 0.0270. The Kier molecular flexibility index (Phi) is 6.86. The number of piperidine rings is 1. The van der Waals surface area contributed by atoms with Gasteiger partial charge in [0.05, 0.1) is 18.7 Å². The standard InChI is InChI=1S/C21H32ClN3O3/c1-21(2,3)28-20(27)25-13-18(19(26)14-25)23-17-8-10-24(11-9-17)12-15-4-6-16(22)7-5-15/h4-7,17-19,23,26H,8-14H2,1-3H3/t18-,19-/m0/s1. The number of hydrogen-bond donors (Lipinski definition) is 2. The molecule has 2 aliphatic rings. The molecule has 2 saturated heterocycles. The highest BCUT2D eigenvalue weighted by molar-refractivity contribution is 6.30. The van der Waals surface area contributed by atoms with E-state index in [9.17, 15) is 9.90 Å². The van der Waals surface area contributed by atoms with E-state index in [4.69, 9.17) is 16.3 Å². The molecule has 0 aromatic heterocycles. The van der Waals surface area contributed by atoms with Gasteiger partial charge in [0.1, 0.15) is 5.60 Å². The van der Waals surface area contributed by atoms with Crippen LogP contribution in [-0.4, -0.2) is 71.0 Å². The number of hydrogen-bond acceptors (Lipinski definition) is 5. The van der Waals surface area contributed by atoms with Crippen molar-refractivity contribution >= 4 is 17.7 Å². The molecule has 3 rings (SSSR count). The number of nitrogens with zero attached hydrogens (tertiary/aromatic N) is 2. The predicted octanol–water partition coefficient (Wildman–Crippen LogP) is 2.87. The third-order valence-corrected chi connectivity index (χ3v) is 5.55. The van der Waals surface area contributed by atoms with E-state index >= 15 is 0 Å². The Morgan fingerprint density at radius 1 is 1.21 bits per heavy atom. The number of aliphatic hydroxyl groups is 1. The predicted molar refractivity (Wildman–Crippen MR) is 110 cm³/mol. The van der Waals surface area contributed by atoms with Crippen molar-refractivity contribution in [3.8, 4) is 0 Å². The first-order chi connectivity index (χ1) is 13.2. The molecule has 1 aromatic carbocycles. The Morgan fingerprint density at radius 3 is 2.46 bits per heavy atom. The summed E-state index contributed by atoms with van der Waals surface area (Å²) in [5, 5.41) is 14.7. The van der Waals surface area contributed by atoms with Gasteiger partial charge in [0.2, 0.25) is 0 Å². The third kappa shape index (κ3) is 6.08. The van der Waals surface area contributed by atoms with Gasteiger partial charge < -0.3 is 20.1 Å². The minimum Gasteiger partial charge on any atom is -0.444 e. The van der Waals surface area contributed by atoms with E-state index in [0.29, 0.717) is 19.1 Å². The maximum absolute atomic E-state index is 12.2. The van der Waals surface area contributed by atoms with Gasteiger partial charge in [-0.25, -0.2) is 4.79 Å². The van der Waals surface area contributed by atoms with Gasteiger partial charge in [-0.2, -0.15) is 0 Å². The number of carbonyl (C=O) groups excluding carboxylic acids is 1. The van der Waals surface area contributed by atoms with E-state index in [0.717, 1.165) is 37.5 Å². The topological polar surface area (TPSA) is 65.0 Å². The van der Waals surface area contributed by atoms with Crippen LogP contribution < -0.4 is 5.32 Å². The lowest BCUT2D eigenvalue weighted by Crippen LogP contribution is -2.49. The Morgan fingerprint density at radius 2 is 1.86 bits per heavy atom. The van der Waals surface area contributed by atoms with Gasteiger partial charge in [0, 0.05) is 24.2 Å². The minimum absolute atomic E-state index is 0.0969. The molecule has 2 atom stereocenters. The number of amides is 1. The van der Waals surface area contributed by atoms with Gasteiger partial charge in [-0.05, 0) is 64.4 Å². The molecule has 2 heterocycles. The molecular weight excluding hydrogens is 378 g/mol. The summed E-state index contributed by atoms with van der Waals surface area (Å²) in [7, 11) is 0. The second-order valence-corrected chi connectivity index (χ2v) is 9.34. The van der Waals surface area contributed by atoms with Crippen molar-refractivity contribution in [2.24, 2.45) is 0 Å². The average molecular weight is 410 g/mol. The highest BCUT2D eigenvalue weighted by Crippen LogP contribution is 2.20. The molecule has 2 N–H and O–H groups in total. The molecule has 0 aliphatic carbocycles. The van der Waals surface area contributed by atoms with Crippen molar-refractivity contribution in [2.45, 2.75) is 63.9 Å². The number of aliphatic hydroxyl groups excluding tert-OH is 1. The first-order valence-electron chi connectivity index (χ1n) is 10.1. The van der Waals surface area contributed by atoms with Crippen LogP contribution >= 0.6 is 11.6 Å². The van der Waals surface area contributed by atoms with Crippen molar-refractivity contribution < 1.29 is 14.6 Å². The van der Waals surface area contributed by atoms with Gasteiger partial charge in [-0.15, -0.1) is 0 Å². The second kappa shape index (κ2) is 8.99. The molecule has 0 unspecified atom stereocenters. The quantitative estimate of drug-likeness (QED) is 0.800. The smallest absolute Gasteiger partial charge is 0.410 e. The van der Waals surface area contributed by atoms with Crippen LogP contribution in [0, 0.1) is 0 Å². The van der Waals surface area contributed by atoms with Gasteiger partial charge >= 0.3 is 6.09 Å². The molecule has 0 saturated carbocycles. The van der Waals surface area contributed by atoms with Crippen molar-refractivity contribution in [3.05, 3.63) is 34.9 Å². The molecule has 7 heteroatoms. The third-order valence-electron chi connectivity index (χ3n) is 5.30. The highest BCUT2D eigenvalue weighted by atomic mass is 35.5. The van der Waals surface area contributed by atoms with Crippen molar-refractivity contribution in [1.29, 1.82) is 0 Å². The first-order valence-corrected chi connectivity index (χ1v) is 10.5. The number of β-amino-alcohol motifs (C(OH)–C–C–N with tert-alkyl or cyclic N) is 1. The fourth-order valence-electron chi connectivity index (χ4n) is 3.83. The lowest BCUT2D eigenvalue weighted by atomic mass is 10.0. The number of halogens is 1. The Bertz CT molecular complexity index is 654. The molecule has 2 aliphatic heterocycles. The maximum atomic E-state index is 12.2. The van der Waals surface area contributed by atoms with Gasteiger partial charge in [0.15, 0.2) is 0 Å². The average Bonchev–Trinajstić information content (AvgIpc) is 2.98. The zero-order chi connectivity index (χ0) is 20.3. The summed E-state index contributed by atoms with van der Waals surface area (Å²) in [5.74, 6) is 0. The first kappa shape index (κ1) is 21.4. The molecule has 156 valence electrons. The van der Waals surface area contributed by atoms with Crippen LogP contribution in [0.4, 0.5) is 4.79 Å². The molecule has 0 spiro atoms. The largest absolute Gasteiger partial charge is 0.444 e. The van der Waals surface area contributed by atoms with Gasteiger partial charge in [-0.3, -0.25) is 4.90 Å². The van der Waals surface area contributed by atoms with Crippen LogP contribution in [0.25, 0.3) is 0 Å². The van der Waals surface area contributed by atoms with Crippen LogP contribution in [0.3, 0.4) is 0 Å². The van der Waals surface area contributed by atoms with Crippen LogP contribution in [0.5, 0.6) is 0 Å². The number of ether oxygens (including phenoxy) is 1. The van der Waals surface area contributed by atoms with Crippen molar-refractivity contribution in [2.75, 3.05) is 26.2 Å². The monoisotopic (exact) mass is 409 g/mol. The summed E-state index contributed by atoms with van der Waals surface area (Å²) >= 11 is 5.95. The van der Waals surface area contributed by atoms with Gasteiger partial charge in [0.25, 0.3) is 0 Å². The number of benzene rings is 1. The van der Waals surface area contributed by atoms with E-state index < -0.39 is 11.7 Å². The van der Waals surface area contributed by atoms with E-state index in [-0.39, 0.29) is 12.1 Å². The molecule has 28 heavy (non-hydrogen) atoms. The molecule has 1 aromatic rings. The van der Waals surface area contributed by atoms with Crippen molar-refractivity contribution in [1.82, 2.24) is 15.1 Å². The number of rotatable bonds is 4. The lowest BCUT2D eigenvalue weighted by Gasteiger charge is -2.34. The van der Waals surface area contributed by atoms with E-state index in [1.165, 1.54) is 5.56 Å². The van der Waals surface area contributed by atoms with Crippen LogP contribution in [0.15, 0.2) is 24.3 Å². The fraction of sp³-hybridized carbons (Fsp3) is 0.667. The SMILES string of the molecule is CC(C)(C)OC(=O)N1C[C@H](NC2CCN(Cc3ccc(Cl)cc3)CC2)[C@@H](O)C1. The number of carbonyl (C=O) groups is 1. The summed E-state index contributed by atoms with van der Waals surface area (Å²) < 4.78 is 5.42. The Hall–Kier alpha value is -1.34. The Balaban J connectivity index is 1.43. The summed E-state index contributed by atoms with van der Waals surface area (Å²) in [5.41, 5.74) is 0.750. The fourth-order valence-corrected chi connectivity index (χ4v) is 3.96. The normalized spacial score (nSPS) is 24.5. The van der Waals surface area contributed by atoms with Gasteiger partial charge in [-0.1, -0.05) is 23.7 Å². The number of nitrogens with one attached hydrogen (secondary N) is 1. The molecule has 6 nitrogen and oxygen atoms in total. The second-order valence-electron chi connectivity index (χ2n) is 8.90. The summed E-state index contributed by atoms with van der Waals surface area (Å²) in [6.07, 6.45) is 1.15. The summed E-state index contributed by atoms with van der Waals surface area (Å²) in [6.45, 7) is 9.32. The molecule has 1 amide bonds. The molecule has 0 bridgehead atoms. The van der Waals surface area contributed by atoms with E-state index in [2.05, 4.69) is 22.3 Å². The summed E-state index contributed by atoms with van der Waals surface area (Å²) in [4.78, 5) is 16.3. The van der Waals surface area contributed by atoms with Crippen LogP contribution in [0.2, 0.25) is 5.02 Å². The highest BCUT2D eigenvalue weighted by Gasteiger charge is 2.37. The molecule has 0 radical (unpaired) electrons. The van der Waals surface area contributed by atoms with Crippen LogP contribution in [0.1, 0.15) is 39.2 Å². The molecule has 2 fully saturated rings. The van der Waals surface area contributed by atoms with Crippen LogP contribution in [-0.2, 0) is 11.3 Å². The zero-order valence-electron chi connectivity index (χ0n) is 17.0. The summed E-state index contributed by atoms with van der Waals surface area (Å²) in [6, 6.07) is 8.28. The number of likely N-dealkylation sites (tertiary alicyclic amines) is 2. The van der Waals surface area contributed by atoms with E-state index in [1.807, 2.05) is 32.9 Å². The van der Waals surface area contributed by atoms with Crippen molar-refractivity contribution in [3.63, 3.8) is 0 Å². The zero-order valence-corrected chi connectivity index (χ0v) is 17.8. The van der Waals surface area contributed by atoms with E-state index in [1.54, 1.807) is 4.90 Å². The Labute approximate surface area is 172 Å². The minimum atomic E-state index is -0.556.